The van der Waals surface area contributed by atoms with E-state index < -0.39 is 5.41 Å². The van der Waals surface area contributed by atoms with Crippen LogP contribution in [0, 0.1) is 12.3 Å². The Hall–Kier alpha value is -2.82. The standard InChI is InChI=1S/C20H22N2O3/c1-13-5-7-14(8-6-13)18(23)21-15-9-10-16-17(11-15)25-12-20(2,3)19(24)22(16)4/h5-11H,12H2,1-4H3,(H,21,23). The third kappa shape index (κ3) is 3.36. The molecule has 0 aliphatic carbocycles. The van der Waals surface area contributed by atoms with Gasteiger partial charge in [0.05, 0.1) is 11.1 Å². The van der Waals surface area contributed by atoms with Crippen LogP contribution in [0.25, 0.3) is 0 Å². The molecule has 5 heteroatoms. The third-order valence-electron chi connectivity index (χ3n) is 4.36. The van der Waals surface area contributed by atoms with Gasteiger partial charge in [-0.15, -0.1) is 0 Å². The second kappa shape index (κ2) is 6.24. The maximum Gasteiger partial charge on any atom is 0.255 e. The van der Waals surface area contributed by atoms with Crippen LogP contribution >= 0.6 is 0 Å². The lowest BCUT2D eigenvalue weighted by atomic mass is 9.93. The van der Waals surface area contributed by atoms with Crippen LogP contribution in [-0.2, 0) is 4.79 Å². The minimum Gasteiger partial charge on any atom is -0.490 e. The van der Waals surface area contributed by atoms with Crippen molar-refractivity contribution < 1.29 is 14.3 Å². The van der Waals surface area contributed by atoms with Gasteiger partial charge in [-0.3, -0.25) is 9.59 Å². The molecule has 1 heterocycles. The number of nitrogens with one attached hydrogen (secondary N) is 1. The number of hydrogen-bond donors (Lipinski definition) is 1. The second-order valence-electron chi connectivity index (χ2n) is 7.04. The number of nitrogens with zero attached hydrogens (tertiary/aromatic N) is 1. The molecule has 0 unspecified atom stereocenters. The van der Waals surface area contributed by atoms with E-state index in [-0.39, 0.29) is 11.8 Å². The van der Waals surface area contributed by atoms with Crippen molar-refractivity contribution in [1.82, 2.24) is 0 Å². The molecular formula is C20H22N2O3. The van der Waals surface area contributed by atoms with Crippen LogP contribution in [0.1, 0.15) is 29.8 Å². The Balaban J connectivity index is 1.84. The SMILES string of the molecule is Cc1ccc(C(=O)Nc2ccc3c(c2)OCC(C)(C)C(=O)N3C)cc1. The quantitative estimate of drug-likeness (QED) is 0.910. The van der Waals surface area contributed by atoms with Gasteiger partial charge in [-0.1, -0.05) is 17.7 Å². The Morgan fingerprint density at radius 1 is 1.16 bits per heavy atom. The molecule has 0 aromatic heterocycles. The fourth-order valence-electron chi connectivity index (χ4n) is 2.78. The van der Waals surface area contributed by atoms with E-state index in [1.807, 2.05) is 32.9 Å². The highest BCUT2D eigenvalue weighted by Crippen LogP contribution is 2.37. The highest BCUT2D eigenvalue weighted by Gasteiger charge is 2.36. The summed E-state index contributed by atoms with van der Waals surface area (Å²) >= 11 is 0. The summed E-state index contributed by atoms with van der Waals surface area (Å²) in [7, 11) is 1.74. The summed E-state index contributed by atoms with van der Waals surface area (Å²) in [5, 5.41) is 2.87. The number of carbonyl (C=O) groups is 2. The van der Waals surface area contributed by atoms with Crippen LogP contribution < -0.4 is 15.0 Å². The van der Waals surface area contributed by atoms with E-state index in [1.165, 1.54) is 0 Å². The Morgan fingerprint density at radius 3 is 2.52 bits per heavy atom. The summed E-state index contributed by atoms with van der Waals surface area (Å²) in [6.45, 7) is 5.99. The first-order chi connectivity index (χ1) is 11.8. The second-order valence-corrected chi connectivity index (χ2v) is 7.04. The zero-order valence-corrected chi connectivity index (χ0v) is 14.9. The Labute approximate surface area is 147 Å². The topological polar surface area (TPSA) is 58.6 Å². The molecule has 0 radical (unpaired) electrons. The molecule has 25 heavy (non-hydrogen) atoms. The molecule has 5 nitrogen and oxygen atoms in total. The first kappa shape index (κ1) is 17.0. The molecule has 130 valence electrons. The van der Waals surface area contributed by atoms with Gasteiger partial charge in [-0.25, -0.2) is 0 Å². The summed E-state index contributed by atoms with van der Waals surface area (Å²) in [5.74, 6) is 0.407. The smallest absolute Gasteiger partial charge is 0.255 e. The summed E-state index contributed by atoms with van der Waals surface area (Å²) < 4.78 is 5.83. The highest BCUT2D eigenvalue weighted by atomic mass is 16.5. The lowest BCUT2D eigenvalue weighted by Gasteiger charge is -2.24. The normalized spacial score (nSPS) is 15.8. The van der Waals surface area contributed by atoms with Gasteiger partial charge in [0.2, 0.25) is 5.91 Å². The van der Waals surface area contributed by atoms with Gasteiger partial charge in [-0.2, -0.15) is 0 Å². The predicted molar refractivity (Wildman–Crippen MR) is 98.3 cm³/mol. The zero-order chi connectivity index (χ0) is 18.2. The van der Waals surface area contributed by atoms with Crippen molar-refractivity contribution in [3.05, 3.63) is 53.6 Å². The average Bonchev–Trinajstić information content (AvgIpc) is 2.66. The van der Waals surface area contributed by atoms with Crippen LogP contribution in [0.2, 0.25) is 0 Å². The van der Waals surface area contributed by atoms with Crippen molar-refractivity contribution in [1.29, 1.82) is 0 Å². The number of ether oxygens (including phenoxy) is 1. The number of hydrogen-bond acceptors (Lipinski definition) is 3. The fourth-order valence-corrected chi connectivity index (χ4v) is 2.78. The third-order valence-corrected chi connectivity index (χ3v) is 4.36. The number of carbonyl (C=O) groups excluding carboxylic acids is 2. The molecule has 2 aromatic rings. The van der Waals surface area contributed by atoms with Gasteiger partial charge in [0.15, 0.2) is 0 Å². The van der Waals surface area contributed by atoms with Crippen molar-refractivity contribution in [2.75, 3.05) is 23.9 Å². The maximum atomic E-state index is 12.5. The summed E-state index contributed by atoms with van der Waals surface area (Å²) in [4.78, 5) is 26.5. The van der Waals surface area contributed by atoms with Gasteiger partial charge in [-0.05, 0) is 45.0 Å². The number of benzene rings is 2. The minimum atomic E-state index is -0.598. The van der Waals surface area contributed by atoms with E-state index in [0.717, 1.165) is 5.56 Å². The molecule has 0 atom stereocenters. The van der Waals surface area contributed by atoms with Gasteiger partial charge >= 0.3 is 0 Å². The zero-order valence-electron chi connectivity index (χ0n) is 14.9. The monoisotopic (exact) mass is 338 g/mol. The molecule has 2 amide bonds. The lowest BCUT2D eigenvalue weighted by molar-refractivity contribution is -0.127. The molecular weight excluding hydrogens is 316 g/mol. The fraction of sp³-hybridized carbons (Fsp3) is 0.300. The van der Waals surface area contributed by atoms with Crippen molar-refractivity contribution in [2.24, 2.45) is 5.41 Å². The number of fused-ring (bicyclic) bond motifs is 1. The number of aryl methyl sites for hydroxylation is 1. The van der Waals surface area contributed by atoms with Crippen LogP contribution in [0.5, 0.6) is 5.75 Å². The summed E-state index contributed by atoms with van der Waals surface area (Å²) in [5.41, 5.74) is 2.42. The van der Waals surface area contributed by atoms with E-state index in [4.69, 9.17) is 4.74 Å². The number of rotatable bonds is 2. The van der Waals surface area contributed by atoms with E-state index in [2.05, 4.69) is 5.32 Å². The Morgan fingerprint density at radius 2 is 1.84 bits per heavy atom. The maximum absolute atomic E-state index is 12.5. The van der Waals surface area contributed by atoms with Gasteiger partial charge in [0, 0.05) is 24.4 Å². The minimum absolute atomic E-state index is 0.00249. The molecule has 3 rings (SSSR count). The molecule has 1 N–H and O–H groups in total. The molecule has 2 aromatic carbocycles. The van der Waals surface area contributed by atoms with Gasteiger partial charge < -0.3 is 15.0 Å². The summed E-state index contributed by atoms with van der Waals surface area (Å²) in [6.07, 6.45) is 0. The predicted octanol–water partition coefficient (Wildman–Crippen LogP) is 3.63. The van der Waals surface area contributed by atoms with E-state index >= 15 is 0 Å². The van der Waals surface area contributed by atoms with Crippen LogP contribution in [0.4, 0.5) is 11.4 Å². The van der Waals surface area contributed by atoms with E-state index in [9.17, 15) is 9.59 Å². The largest absolute Gasteiger partial charge is 0.490 e. The first-order valence-corrected chi connectivity index (χ1v) is 8.21. The number of amides is 2. The summed E-state index contributed by atoms with van der Waals surface area (Å²) in [6, 6.07) is 12.7. The van der Waals surface area contributed by atoms with Crippen LogP contribution in [0.15, 0.2) is 42.5 Å². The Kier molecular flexibility index (Phi) is 4.25. The molecule has 0 fully saturated rings. The molecule has 0 saturated heterocycles. The molecule has 1 aliphatic heterocycles. The van der Waals surface area contributed by atoms with Crippen molar-refractivity contribution in [2.45, 2.75) is 20.8 Å². The van der Waals surface area contributed by atoms with Gasteiger partial charge in [0.25, 0.3) is 5.91 Å². The average molecular weight is 338 g/mol. The number of anilines is 2. The first-order valence-electron chi connectivity index (χ1n) is 8.21. The van der Waals surface area contributed by atoms with Crippen molar-refractivity contribution >= 4 is 23.2 Å². The Bertz CT molecular complexity index is 825. The van der Waals surface area contributed by atoms with Gasteiger partial charge in [0.1, 0.15) is 12.4 Å². The van der Waals surface area contributed by atoms with E-state index in [1.54, 1.807) is 42.3 Å². The van der Waals surface area contributed by atoms with Crippen LogP contribution in [0.3, 0.4) is 0 Å². The highest BCUT2D eigenvalue weighted by molar-refractivity contribution is 6.05. The molecule has 0 saturated carbocycles. The molecule has 0 spiro atoms. The van der Waals surface area contributed by atoms with Crippen LogP contribution in [-0.4, -0.2) is 25.5 Å². The lowest BCUT2D eigenvalue weighted by Crippen LogP contribution is -2.39. The molecule has 0 bridgehead atoms. The van der Waals surface area contributed by atoms with Crippen molar-refractivity contribution in [3.8, 4) is 5.75 Å². The molecule has 1 aliphatic rings. The van der Waals surface area contributed by atoms with E-state index in [0.29, 0.717) is 29.3 Å². The van der Waals surface area contributed by atoms with Crippen molar-refractivity contribution in [3.63, 3.8) is 0 Å².